The molecule has 0 aliphatic carbocycles. The van der Waals surface area contributed by atoms with Gasteiger partial charge < -0.3 is 10.6 Å². The van der Waals surface area contributed by atoms with Crippen LogP contribution in [-0.4, -0.2) is 9.32 Å². The molecule has 5 heteroatoms. The van der Waals surface area contributed by atoms with Gasteiger partial charge in [-0.25, -0.2) is 0 Å². The molecule has 3 nitrogen and oxygen atoms in total. The predicted octanol–water partition coefficient (Wildman–Crippen LogP) is 6.78. The maximum absolute atomic E-state index is 13.3. The third-order valence-electron chi connectivity index (χ3n) is 5.36. The molecule has 0 fully saturated rings. The fraction of sp³-hybridized carbons (Fsp3) is 0.250. The van der Waals surface area contributed by atoms with Gasteiger partial charge in [0.15, 0.2) is 5.11 Å². The Hall–Kier alpha value is -2.76. The second kappa shape index (κ2) is 11.4. The Morgan fingerprint density at radius 3 is 2.18 bits per heavy atom. The van der Waals surface area contributed by atoms with Crippen LogP contribution < -0.4 is 10.6 Å². The van der Waals surface area contributed by atoms with Crippen molar-refractivity contribution >= 4 is 38.7 Å². The van der Waals surface area contributed by atoms with E-state index in [-0.39, 0.29) is 5.41 Å². The lowest BCUT2D eigenvalue weighted by atomic mass is 9.84. The second-order valence-corrected chi connectivity index (χ2v) is 10.7. The lowest BCUT2D eigenvalue weighted by Gasteiger charge is -2.25. The van der Waals surface area contributed by atoms with Crippen LogP contribution in [0.15, 0.2) is 85.1 Å². The van der Waals surface area contributed by atoms with E-state index >= 15 is 0 Å². The predicted molar refractivity (Wildman–Crippen MR) is 147 cm³/mol. The molecule has 0 saturated carbocycles. The highest BCUT2D eigenvalue weighted by Gasteiger charge is 2.20. The SMILES string of the molecule is CCc1cccc(C(C)(C)C)c1NC(=S)N/C=C(/c1ccccc1)S(=O)Cc1ccccc1. The molecule has 0 aliphatic rings. The third kappa shape index (κ3) is 6.86. The van der Waals surface area contributed by atoms with Gasteiger partial charge in [-0.1, -0.05) is 107 Å². The normalized spacial score (nSPS) is 12.8. The van der Waals surface area contributed by atoms with E-state index in [0.717, 1.165) is 23.2 Å². The molecule has 2 N–H and O–H groups in total. The van der Waals surface area contributed by atoms with Gasteiger partial charge in [-0.05, 0) is 46.3 Å². The van der Waals surface area contributed by atoms with Gasteiger partial charge in [0.1, 0.15) is 0 Å². The van der Waals surface area contributed by atoms with Crippen molar-refractivity contribution < 1.29 is 4.21 Å². The minimum Gasteiger partial charge on any atom is -0.338 e. The summed E-state index contributed by atoms with van der Waals surface area (Å²) < 4.78 is 13.3. The first-order chi connectivity index (χ1) is 15.8. The molecule has 0 amide bonds. The number of anilines is 1. The molecule has 0 radical (unpaired) electrons. The number of benzene rings is 3. The molecule has 172 valence electrons. The number of thiocarbonyl (C=S) groups is 1. The Morgan fingerprint density at radius 2 is 1.58 bits per heavy atom. The molecule has 0 bridgehead atoms. The van der Waals surface area contributed by atoms with Crippen LogP contribution in [0.4, 0.5) is 5.69 Å². The van der Waals surface area contributed by atoms with Gasteiger partial charge in [0.2, 0.25) is 0 Å². The van der Waals surface area contributed by atoms with E-state index in [1.807, 2.05) is 60.7 Å². The summed E-state index contributed by atoms with van der Waals surface area (Å²) >= 11 is 5.64. The Labute approximate surface area is 205 Å². The van der Waals surface area contributed by atoms with Crippen molar-refractivity contribution in [2.75, 3.05) is 5.32 Å². The molecular formula is C28H32N2OS2. The molecule has 1 unspecified atom stereocenters. The number of rotatable bonds is 7. The van der Waals surface area contributed by atoms with E-state index in [9.17, 15) is 4.21 Å². The van der Waals surface area contributed by atoms with Gasteiger partial charge in [-0.15, -0.1) is 0 Å². The highest BCUT2D eigenvalue weighted by atomic mass is 32.2. The van der Waals surface area contributed by atoms with Gasteiger partial charge in [0.05, 0.1) is 21.5 Å². The first kappa shape index (κ1) is 24.9. The first-order valence-electron chi connectivity index (χ1n) is 11.2. The summed E-state index contributed by atoms with van der Waals surface area (Å²) in [4.78, 5) is 0.712. The van der Waals surface area contributed by atoms with Crippen molar-refractivity contribution in [3.05, 3.63) is 107 Å². The van der Waals surface area contributed by atoms with Gasteiger partial charge >= 0.3 is 0 Å². The van der Waals surface area contributed by atoms with Crippen molar-refractivity contribution in [3.8, 4) is 0 Å². The minimum absolute atomic E-state index is 0.0225. The van der Waals surface area contributed by atoms with Gasteiger partial charge in [0, 0.05) is 11.9 Å². The standard InChI is InChI=1S/C28H32N2OS2/c1-5-22-17-12-18-24(28(2,3)4)26(22)30-27(32)29-19-25(23-15-10-7-11-16-23)33(31)20-21-13-8-6-9-14-21/h6-19H,5,20H2,1-4H3,(H2,29,30,32)/b25-19-. The summed E-state index contributed by atoms with van der Waals surface area (Å²) in [5.41, 5.74) is 5.39. The second-order valence-electron chi connectivity index (χ2n) is 8.89. The van der Waals surface area contributed by atoms with E-state index in [2.05, 4.69) is 56.5 Å². The van der Waals surface area contributed by atoms with Crippen LogP contribution in [0.2, 0.25) is 0 Å². The number of hydrogen-bond donors (Lipinski definition) is 2. The van der Waals surface area contributed by atoms with E-state index in [0.29, 0.717) is 15.8 Å². The Balaban J connectivity index is 1.85. The molecule has 0 aliphatic heterocycles. The Kier molecular flexibility index (Phi) is 8.59. The van der Waals surface area contributed by atoms with Crippen LogP contribution in [0.25, 0.3) is 4.91 Å². The molecule has 3 rings (SSSR count). The molecule has 0 aromatic heterocycles. The number of hydrogen-bond acceptors (Lipinski definition) is 2. The van der Waals surface area contributed by atoms with Crippen molar-refractivity contribution in [1.29, 1.82) is 0 Å². The zero-order valence-electron chi connectivity index (χ0n) is 19.7. The number of nitrogens with one attached hydrogen (secondary N) is 2. The monoisotopic (exact) mass is 476 g/mol. The van der Waals surface area contributed by atoms with E-state index < -0.39 is 10.8 Å². The fourth-order valence-corrected chi connectivity index (χ4v) is 5.04. The summed E-state index contributed by atoms with van der Waals surface area (Å²) in [5.74, 6) is 0.441. The van der Waals surface area contributed by atoms with Crippen LogP contribution in [0.3, 0.4) is 0 Å². The average Bonchev–Trinajstić information content (AvgIpc) is 2.80. The third-order valence-corrected chi connectivity index (χ3v) is 7.02. The molecule has 3 aromatic rings. The molecule has 1 atom stereocenters. The Bertz CT molecular complexity index is 1130. The summed E-state index contributed by atoms with van der Waals surface area (Å²) in [6.07, 6.45) is 2.68. The van der Waals surface area contributed by atoms with Crippen LogP contribution in [0.5, 0.6) is 0 Å². The summed E-state index contributed by atoms with van der Waals surface area (Å²) in [6.45, 7) is 8.74. The van der Waals surface area contributed by atoms with Crippen molar-refractivity contribution in [2.45, 2.75) is 45.3 Å². The van der Waals surface area contributed by atoms with E-state index in [1.54, 1.807) is 6.20 Å². The van der Waals surface area contributed by atoms with Gasteiger partial charge in [-0.2, -0.15) is 0 Å². The topological polar surface area (TPSA) is 41.1 Å². The molecule has 3 aromatic carbocycles. The minimum atomic E-state index is -1.24. The molecule has 0 saturated heterocycles. The maximum atomic E-state index is 13.3. The van der Waals surface area contributed by atoms with Crippen molar-refractivity contribution in [3.63, 3.8) is 0 Å². The molecule has 0 heterocycles. The van der Waals surface area contributed by atoms with Crippen molar-refractivity contribution in [2.24, 2.45) is 0 Å². The summed E-state index contributed by atoms with van der Waals surface area (Å²) in [6, 6.07) is 26.1. The zero-order chi connectivity index (χ0) is 23.8. The number of aryl methyl sites for hydroxylation is 1. The molecule has 0 spiro atoms. The van der Waals surface area contributed by atoms with Gasteiger partial charge in [-0.3, -0.25) is 4.21 Å². The van der Waals surface area contributed by atoms with Crippen LogP contribution in [-0.2, 0) is 28.4 Å². The Morgan fingerprint density at radius 1 is 0.939 bits per heavy atom. The lowest BCUT2D eigenvalue weighted by Crippen LogP contribution is -2.27. The summed E-state index contributed by atoms with van der Waals surface area (Å²) in [7, 11) is -1.24. The van der Waals surface area contributed by atoms with E-state index in [4.69, 9.17) is 12.2 Å². The highest BCUT2D eigenvalue weighted by Crippen LogP contribution is 2.32. The van der Waals surface area contributed by atoms with Gasteiger partial charge in [0.25, 0.3) is 0 Å². The quantitative estimate of drug-likeness (QED) is 0.369. The summed E-state index contributed by atoms with van der Waals surface area (Å²) in [5, 5.41) is 7.08. The highest BCUT2D eigenvalue weighted by molar-refractivity contribution is 7.93. The van der Waals surface area contributed by atoms with Crippen molar-refractivity contribution in [1.82, 2.24) is 5.32 Å². The maximum Gasteiger partial charge on any atom is 0.174 e. The zero-order valence-corrected chi connectivity index (χ0v) is 21.4. The largest absolute Gasteiger partial charge is 0.338 e. The van der Waals surface area contributed by atoms with Crippen LogP contribution in [0.1, 0.15) is 49.9 Å². The molecule has 33 heavy (non-hydrogen) atoms. The molecular weight excluding hydrogens is 444 g/mol. The fourth-order valence-electron chi connectivity index (χ4n) is 3.63. The van der Waals surface area contributed by atoms with E-state index in [1.165, 1.54) is 11.1 Å². The van der Waals surface area contributed by atoms with Crippen LogP contribution in [0, 0.1) is 0 Å². The lowest BCUT2D eigenvalue weighted by molar-refractivity contribution is 0.591. The first-order valence-corrected chi connectivity index (χ1v) is 12.9. The smallest absolute Gasteiger partial charge is 0.174 e. The number of para-hydroxylation sites is 1. The van der Waals surface area contributed by atoms with Crippen LogP contribution >= 0.6 is 12.2 Å². The average molecular weight is 477 g/mol.